The first-order valence-electron chi connectivity index (χ1n) is 7.01. The molecule has 106 valence electrons. The summed E-state index contributed by atoms with van der Waals surface area (Å²) < 4.78 is 0. The van der Waals surface area contributed by atoms with Crippen LogP contribution < -0.4 is 11.1 Å². The number of rotatable bonds is 8. The first-order valence-corrected chi connectivity index (χ1v) is 7.01. The van der Waals surface area contributed by atoms with Crippen LogP contribution in [0.2, 0.25) is 0 Å². The highest BCUT2D eigenvalue weighted by atomic mass is 16.1. The Morgan fingerprint density at radius 1 is 1.26 bits per heavy atom. The lowest BCUT2D eigenvalue weighted by molar-refractivity contribution is -0.116. The quantitative estimate of drug-likeness (QED) is 0.756. The second-order valence-corrected chi connectivity index (χ2v) is 4.54. The largest absolute Gasteiger partial charge is 0.326 e. The molecular weight excluding hydrogens is 238 g/mol. The van der Waals surface area contributed by atoms with Crippen LogP contribution in [0.4, 0.5) is 5.69 Å². The van der Waals surface area contributed by atoms with Gasteiger partial charge in [-0.2, -0.15) is 0 Å². The van der Waals surface area contributed by atoms with Crippen molar-refractivity contribution in [3.05, 3.63) is 29.8 Å². The second-order valence-electron chi connectivity index (χ2n) is 4.54. The maximum atomic E-state index is 11.9. The van der Waals surface area contributed by atoms with Crippen LogP contribution in [0.15, 0.2) is 24.3 Å². The van der Waals surface area contributed by atoms with Gasteiger partial charge in [0.15, 0.2) is 0 Å². The van der Waals surface area contributed by atoms with Gasteiger partial charge in [-0.25, -0.2) is 0 Å². The summed E-state index contributed by atoms with van der Waals surface area (Å²) in [4.78, 5) is 14.2. The minimum Gasteiger partial charge on any atom is -0.326 e. The predicted molar refractivity (Wildman–Crippen MR) is 80.0 cm³/mol. The van der Waals surface area contributed by atoms with Crippen molar-refractivity contribution < 1.29 is 4.79 Å². The number of hydrogen-bond acceptors (Lipinski definition) is 3. The van der Waals surface area contributed by atoms with Crippen molar-refractivity contribution in [2.75, 3.05) is 25.0 Å². The van der Waals surface area contributed by atoms with E-state index in [0.717, 1.165) is 37.3 Å². The Hall–Kier alpha value is -1.39. The maximum Gasteiger partial charge on any atom is 0.224 e. The molecule has 4 nitrogen and oxygen atoms in total. The summed E-state index contributed by atoms with van der Waals surface area (Å²) in [7, 11) is 0. The number of benzene rings is 1. The lowest BCUT2D eigenvalue weighted by Crippen LogP contribution is -2.25. The molecule has 0 fully saturated rings. The molecule has 19 heavy (non-hydrogen) atoms. The van der Waals surface area contributed by atoms with Crippen LogP contribution in [-0.4, -0.2) is 30.4 Å². The molecule has 0 heterocycles. The van der Waals surface area contributed by atoms with Crippen molar-refractivity contribution in [3.63, 3.8) is 0 Å². The average Bonchev–Trinajstić information content (AvgIpc) is 2.44. The van der Waals surface area contributed by atoms with E-state index in [0.29, 0.717) is 13.0 Å². The Labute approximate surface area is 116 Å². The molecule has 0 radical (unpaired) electrons. The number of para-hydroxylation sites is 1. The van der Waals surface area contributed by atoms with Crippen LogP contribution in [0.1, 0.15) is 32.3 Å². The predicted octanol–water partition coefficient (Wildman–Crippen LogP) is 2.21. The van der Waals surface area contributed by atoms with Crippen LogP contribution in [0, 0.1) is 0 Å². The highest BCUT2D eigenvalue weighted by Gasteiger charge is 2.06. The molecule has 0 aromatic heterocycles. The Kier molecular flexibility index (Phi) is 7.15. The minimum atomic E-state index is 0.0630. The fourth-order valence-corrected chi connectivity index (χ4v) is 2.04. The van der Waals surface area contributed by atoms with Gasteiger partial charge in [-0.1, -0.05) is 32.0 Å². The number of hydrogen-bond donors (Lipinski definition) is 2. The van der Waals surface area contributed by atoms with Crippen LogP contribution >= 0.6 is 0 Å². The Balaban J connectivity index is 2.39. The fraction of sp³-hybridized carbons (Fsp3) is 0.533. The molecule has 0 aliphatic carbocycles. The number of nitrogens with two attached hydrogens (primary N) is 1. The van der Waals surface area contributed by atoms with Crippen LogP contribution in [0.5, 0.6) is 0 Å². The van der Waals surface area contributed by atoms with Gasteiger partial charge in [0.2, 0.25) is 5.91 Å². The van der Waals surface area contributed by atoms with E-state index in [4.69, 9.17) is 5.73 Å². The van der Waals surface area contributed by atoms with Gasteiger partial charge in [0.25, 0.3) is 0 Å². The normalized spacial score (nSPS) is 10.7. The SMILES string of the molecule is CCN(CC)CCCC(=O)Nc1ccccc1CN. The highest BCUT2D eigenvalue weighted by molar-refractivity contribution is 5.91. The molecule has 0 aliphatic heterocycles. The van der Waals surface area contributed by atoms with Gasteiger partial charge in [0.05, 0.1) is 0 Å². The smallest absolute Gasteiger partial charge is 0.224 e. The number of carbonyl (C=O) groups is 1. The molecule has 0 spiro atoms. The average molecular weight is 263 g/mol. The molecule has 0 atom stereocenters. The van der Waals surface area contributed by atoms with E-state index in [1.807, 2.05) is 24.3 Å². The number of nitrogens with zero attached hydrogens (tertiary/aromatic N) is 1. The number of carbonyl (C=O) groups excluding carboxylic acids is 1. The van der Waals surface area contributed by atoms with Gasteiger partial charge in [-0.15, -0.1) is 0 Å². The lowest BCUT2D eigenvalue weighted by Gasteiger charge is -2.17. The summed E-state index contributed by atoms with van der Waals surface area (Å²) in [6, 6.07) is 7.67. The van der Waals surface area contributed by atoms with Gasteiger partial charge in [-0.05, 0) is 37.7 Å². The highest BCUT2D eigenvalue weighted by Crippen LogP contribution is 2.14. The van der Waals surface area contributed by atoms with Gasteiger partial charge in [0, 0.05) is 18.7 Å². The van der Waals surface area contributed by atoms with Crippen LogP contribution in [0.25, 0.3) is 0 Å². The van der Waals surface area contributed by atoms with E-state index >= 15 is 0 Å². The summed E-state index contributed by atoms with van der Waals surface area (Å²) in [6.45, 7) is 7.76. The van der Waals surface area contributed by atoms with E-state index in [9.17, 15) is 4.79 Å². The fourth-order valence-electron chi connectivity index (χ4n) is 2.04. The van der Waals surface area contributed by atoms with Crippen molar-refractivity contribution in [1.82, 2.24) is 4.90 Å². The molecule has 4 heteroatoms. The molecular formula is C15H25N3O. The summed E-state index contributed by atoms with van der Waals surface area (Å²) in [6.07, 6.45) is 1.44. The molecule has 0 bridgehead atoms. The number of nitrogens with one attached hydrogen (secondary N) is 1. The van der Waals surface area contributed by atoms with E-state index in [1.165, 1.54) is 0 Å². The molecule has 1 aromatic carbocycles. The molecule has 1 rings (SSSR count). The van der Waals surface area contributed by atoms with E-state index in [2.05, 4.69) is 24.1 Å². The zero-order chi connectivity index (χ0) is 14.1. The van der Waals surface area contributed by atoms with Gasteiger partial charge < -0.3 is 16.0 Å². The van der Waals surface area contributed by atoms with Crippen molar-refractivity contribution in [2.45, 2.75) is 33.2 Å². The molecule has 1 amide bonds. The van der Waals surface area contributed by atoms with Gasteiger partial charge in [-0.3, -0.25) is 4.79 Å². The number of amides is 1. The van der Waals surface area contributed by atoms with Crippen LogP contribution in [-0.2, 0) is 11.3 Å². The zero-order valence-electron chi connectivity index (χ0n) is 12.0. The Morgan fingerprint density at radius 3 is 2.58 bits per heavy atom. The third-order valence-corrected chi connectivity index (χ3v) is 3.28. The van der Waals surface area contributed by atoms with E-state index in [1.54, 1.807) is 0 Å². The Bertz CT molecular complexity index is 389. The molecule has 0 saturated carbocycles. The zero-order valence-corrected chi connectivity index (χ0v) is 12.0. The van der Waals surface area contributed by atoms with Gasteiger partial charge in [0.1, 0.15) is 0 Å². The molecule has 0 aliphatic rings. The summed E-state index contributed by atoms with van der Waals surface area (Å²) in [5, 5.41) is 2.93. The van der Waals surface area contributed by atoms with Crippen molar-refractivity contribution in [1.29, 1.82) is 0 Å². The lowest BCUT2D eigenvalue weighted by atomic mass is 10.1. The van der Waals surface area contributed by atoms with E-state index < -0.39 is 0 Å². The van der Waals surface area contributed by atoms with Crippen molar-refractivity contribution in [3.8, 4) is 0 Å². The molecule has 0 unspecified atom stereocenters. The molecule has 3 N–H and O–H groups in total. The minimum absolute atomic E-state index is 0.0630. The first kappa shape index (κ1) is 15.7. The summed E-state index contributed by atoms with van der Waals surface area (Å²) >= 11 is 0. The number of anilines is 1. The van der Waals surface area contributed by atoms with Crippen molar-refractivity contribution in [2.24, 2.45) is 5.73 Å². The third-order valence-electron chi connectivity index (χ3n) is 3.28. The van der Waals surface area contributed by atoms with E-state index in [-0.39, 0.29) is 5.91 Å². The molecule has 1 aromatic rings. The van der Waals surface area contributed by atoms with Crippen LogP contribution in [0.3, 0.4) is 0 Å². The third kappa shape index (κ3) is 5.41. The summed E-state index contributed by atoms with van der Waals surface area (Å²) in [5.74, 6) is 0.0630. The van der Waals surface area contributed by atoms with Gasteiger partial charge >= 0.3 is 0 Å². The maximum absolute atomic E-state index is 11.9. The monoisotopic (exact) mass is 263 g/mol. The second kappa shape index (κ2) is 8.67. The van der Waals surface area contributed by atoms with Crippen molar-refractivity contribution >= 4 is 11.6 Å². The first-order chi connectivity index (χ1) is 9.21. The topological polar surface area (TPSA) is 58.4 Å². The molecule has 0 saturated heterocycles. The summed E-state index contributed by atoms with van der Waals surface area (Å²) in [5.41, 5.74) is 7.45. The Morgan fingerprint density at radius 2 is 1.95 bits per heavy atom. The standard InChI is InChI=1S/C15H25N3O/c1-3-18(4-2)11-7-10-15(19)17-14-9-6-5-8-13(14)12-16/h5-6,8-9H,3-4,7,10-12,16H2,1-2H3,(H,17,19).